The summed E-state index contributed by atoms with van der Waals surface area (Å²) < 4.78 is 59.7. The zero-order chi connectivity index (χ0) is 16.4. The Bertz CT molecular complexity index is 528. The van der Waals surface area contributed by atoms with Crippen LogP contribution in [0.25, 0.3) is 0 Å². The SMILES string of the molecule is O=C1CCC(=O)N1OS(=O)(=O)C(F)(F)COC1CCCCC1. The summed E-state index contributed by atoms with van der Waals surface area (Å²) in [7, 11) is -5.48. The maximum Gasteiger partial charge on any atom is 0.394 e. The van der Waals surface area contributed by atoms with Gasteiger partial charge < -0.3 is 4.74 Å². The first kappa shape index (κ1) is 17.2. The minimum absolute atomic E-state index is 0.121. The molecule has 10 heteroatoms. The number of hydrogen-bond donors (Lipinski definition) is 0. The Morgan fingerprint density at radius 3 is 2.18 bits per heavy atom. The van der Waals surface area contributed by atoms with E-state index in [1.807, 2.05) is 0 Å². The normalized spacial score (nSPS) is 21.6. The van der Waals surface area contributed by atoms with E-state index in [9.17, 15) is 26.8 Å². The molecule has 0 atom stereocenters. The van der Waals surface area contributed by atoms with E-state index in [4.69, 9.17) is 4.74 Å². The summed E-state index contributed by atoms with van der Waals surface area (Å²) in [4.78, 5) is 22.5. The summed E-state index contributed by atoms with van der Waals surface area (Å²) >= 11 is 0. The van der Waals surface area contributed by atoms with Crippen LogP contribution in [0.4, 0.5) is 8.78 Å². The van der Waals surface area contributed by atoms with Gasteiger partial charge in [0.05, 0.1) is 6.10 Å². The lowest BCUT2D eigenvalue weighted by atomic mass is 9.98. The molecule has 2 aliphatic rings. The number of rotatable bonds is 6. The molecule has 2 rings (SSSR count). The molecule has 0 unspecified atom stereocenters. The van der Waals surface area contributed by atoms with Gasteiger partial charge in [-0.1, -0.05) is 19.3 Å². The average molecular weight is 341 g/mol. The topological polar surface area (TPSA) is 90.0 Å². The first-order chi connectivity index (χ1) is 10.2. The molecule has 0 spiro atoms. The Balaban J connectivity index is 1.96. The highest BCUT2D eigenvalue weighted by atomic mass is 32.2. The number of carbonyl (C=O) groups is 2. The molecule has 0 aromatic rings. The Labute approximate surface area is 126 Å². The number of imide groups is 1. The van der Waals surface area contributed by atoms with Crippen LogP contribution in [0.3, 0.4) is 0 Å². The van der Waals surface area contributed by atoms with Gasteiger partial charge in [0.15, 0.2) is 0 Å². The number of nitrogens with zero attached hydrogens (tertiary/aromatic N) is 1. The van der Waals surface area contributed by atoms with Crippen molar-refractivity contribution in [3.63, 3.8) is 0 Å². The lowest BCUT2D eigenvalue weighted by Crippen LogP contribution is -2.42. The summed E-state index contributed by atoms with van der Waals surface area (Å²) in [5, 5.41) is -4.46. The lowest BCUT2D eigenvalue weighted by Gasteiger charge is -2.25. The van der Waals surface area contributed by atoms with E-state index in [-0.39, 0.29) is 17.9 Å². The van der Waals surface area contributed by atoms with Crippen molar-refractivity contribution < 1.29 is 35.8 Å². The Kier molecular flexibility index (Phi) is 5.13. The predicted molar refractivity (Wildman–Crippen MR) is 68.9 cm³/mol. The molecule has 1 saturated carbocycles. The van der Waals surface area contributed by atoms with E-state index in [2.05, 4.69) is 4.28 Å². The molecule has 1 saturated heterocycles. The Morgan fingerprint density at radius 1 is 1.09 bits per heavy atom. The van der Waals surface area contributed by atoms with Crippen molar-refractivity contribution in [2.45, 2.75) is 56.3 Å². The zero-order valence-electron chi connectivity index (χ0n) is 11.8. The van der Waals surface area contributed by atoms with E-state index in [0.717, 1.165) is 19.3 Å². The summed E-state index contributed by atoms with van der Waals surface area (Å²) in [6.07, 6.45) is 2.94. The van der Waals surface area contributed by atoms with Gasteiger partial charge in [0.25, 0.3) is 11.8 Å². The van der Waals surface area contributed by atoms with Crippen LogP contribution in [0.2, 0.25) is 0 Å². The first-order valence-corrected chi connectivity index (χ1v) is 8.43. The van der Waals surface area contributed by atoms with Gasteiger partial charge in [0.1, 0.15) is 6.61 Å². The van der Waals surface area contributed by atoms with Gasteiger partial charge in [-0.25, -0.2) is 0 Å². The number of alkyl halides is 2. The van der Waals surface area contributed by atoms with Crippen molar-refractivity contribution >= 4 is 21.9 Å². The van der Waals surface area contributed by atoms with Crippen LogP contribution in [-0.4, -0.2) is 43.3 Å². The van der Waals surface area contributed by atoms with E-state index >= 15 is 0 Å². The fourth-order valence-electron chi connectivity index (χ4n) is 2.31. The number of carbonyl (C=O) groups excluding carboxylic acids is 2. The van der Waals surface area contributed by atoms with E-state index in [1.54, 1.807) is 0 Å². The molecule has 0 radical (unpaired) electrons. The number of hydroxylamine groups is 2. The third-order valence-corrected chi connectivity index (χ3v) is 4.78. The fraction of sp³-hybridized carbons (Fsp3) is 0.833. The molecule has 0 aromatic heterocycles. The van der Waals surface area contributed by atoms with Crippen LogP contribution in [0, 0.1) is 0 Å². The molecule has 0 N–H and O–H groups in total. The van der Waals surface area contributed by atoms with Gasteiger partial charge in [-0.05, 0) is 12.8 Å². The summed E-state index contributed by atoms with van der Waals surface area (Å²) in [6.45, 7) is -1.36. The van der Waals surface area contributed by atoms with Crippen molar-refractivity contribution in [1.29, 1.82) is 0 Å². The van der Waals surface area contributed by atoms with Crippen LogP contribution in [0.5, 0.6) is 0 Å². The molecule has 2 amide bonds. The molecule has 22 heavy (non-hydrogen) atoms. The van der Waals surface area contributed by atoms with E-state index < -0.39 is 39.9 Å². The summed E-state index contributed by atoms with van der Waals surface area (Å²) in [6, 6.07) is 0. The second kappa shape index (κ2) is 6.55. The molecule has 0 bridgehead atoms. The number of ether oxygens (including phenoxy) is 1. The average Bonchev–Trinajstić information content (AvgIpc) is 2.78. The maximum atomic E-state index is 13.8. The molecule has 1 aliphatic carbocycles. The first-order valence-electron chi connectivity index (χ1n) is 7.02. The Hall–Kier alpha value is -1.13. The smallest absolute Gasteiger partial charge is 0.371 e. The Morgan fingerprint density at radius 2 is 1.64 bits per heavy atom. The highest BCUT2D eigenvalue weighted by Gasteiger charge is 2.51. The van der Waals surface area contributed by atoms with Crippen LogP contribution < -0.4 is 0 Å². The highest BCUT2D eigenvalue weighted by molar-refractivity contribution is 7.87. The highest BCUT2D eigenvalue weighted by Crippen LogP contribution is 2.29. The van der Waals surface area contributed by atoms with E-state index in [0.29, 0.717) is 12.8 Å². The van der Waals surface area contributed by atoms with Crippen molar-refractivity contribution in [3.05, 3.63) is 0 Å². The van der Waals surface area contributed by atoms with Crippen molar-refractivity contribution in [2.24, 2.45) is 0 Å². The van der Waals surface area contributed by atoms with Crippen LogP contribution >= 0.6 is 0 Å². The molecular weight excluding hydrogens is 324 g/mol. The molecule has 1 heterocycles. The van der Waals surface area contributed by atoms with Gasteiger partial charge in [0.2, 0.25) is 0 Å². The number of halogens is 2. The maximum absolute atomic E-state index is 13.8. The predicted octanol–water partition coefficient (Wildman–Crippen LogP) is 1.34. The van der Waals surface area contributed by atoms with E-state index in [1.165, 1.54) is 0 Å². The second-order valence-corrected chi connectivity index (χ2v) is 6.97. The zero-order valence-corrected chi connectivity index (χ0v) is 12.6. The van der Waals surface area contributed by atoms with Crippen LogP contribution in [0.15, 0.2) is 0 Å². The molecule has 7 nitrogen and oxygen atoms in total. The minimum Gasteiger partial charge on any atom is -0.371 e. The molecule has 0 aromatic carbocycles. The molecule has 1 aliphatic heterocycles. The third kappa shape index (κ3) is 3.79. The monoisotopic (exact) mass is 341 g/mol. The second-order valence-electron chi connectivity index (χ2n) is 5.32. The standard InChI is InChI=1S/C12H17F2NO6S/c13-12(14,8-20-9-4-2-1-3-5-9)22(18,19)21-15-10(16)6-7-11(15)17/h9H,1-8H2. The molecular formula is C12H17F2NO6S. The summed E-state index contributed by atoms with van der Waals surface area (Å²) in [5.41, 5.74) is 0. The molecule has 126 valence electrons. The van der Waals surface area contributed by atoms with Crippen molar-refractivity contribution in [1.82, 2.24) is 5.06 Å². The van der Waals surface area contributed by atoms with Gasteiger partial charge >= 0.3 is 15.4 Å². The van der Waals surface area contributed by atoms with Crippen molar-refractivity contribution in [2.75, 3.05) is 6.61 Å². The largest absolute Gasteiger partial charge is 0.394 e. The third-order valence-electron chi connectivity index (χ3n) is 3.58. The quantitative estimate of drug-likeness (QED) is 0.677. The minimum atomic E-state index is -5.48. The number of hydrogen-bond acceptors (Lipinski definition) is 6. The van der Waals surface area contributed by atoms with Crippen molar-refractivity contribution in [3.8, 4) is 0 Å². The van der Waals surface area contributed by atoms with Crippen LogP contribution in [-0.2, 0) is 28.7 Å². The molecule has 2 fully saturated rings. The van der Waals surface area contributed by atoms with Crippen LogP contribution in [0.1, 0.15) is 44.9 Å². The van der Waals surface area contributed by atoms with Gasteiger partial charge in [0, 0.05) is 12.8 Å². The van der Waals surface area contributed by atoms with Gasteiger partial charge in [-0.3, -0.25) is 9.59 Å². The lowest BCUT2D eigenvalue weighted by molar-refractivity contribution is -0.165. The summed E-state index contributed by atoms with van der Waals surface area (Å²) in [5.74, 6) is -1.92. The van der Waals surface area contributed by atoms with Gasteiger partial charge in [-0.2, -0.15) is 17.2 Å². The fourth-order valence-corrected chi connectivity index (χ4v) is 2.99. The van der Waals surface area contributed by atoms with Gasteiger partial charge in [-0.15, -0.1) is 9.35 Å². The number of amides is 2.